The van der Waals surface area contributed by atoms with Crippen molar-refractivity contribution in [3.63, 3.8) is 0 Å². The van der Waals surface area contributed by atoms with Gasteiger partial charge in [0.05, 0.1) is 6.42 Å². The number of carbonyl (C=O) groups is 3. The molecule has 0 aliphatic rings. The zero-order valence-corrected chi connectivity index (χ0v) is 21.4. The van der Waals surface area contributed by atoms with E-state index in [1.165, 1.54) is 4.90 Å². The van der Waals surface area contributed by atoms with Crippen LogP contribution in [0.3, 0.4) is 0 Å². The molecule has 0 saturated heterocycles. The van der Waals surface area contributed by atoms with E-state index in [-0.39, 0.29) is 31.3 Å². The van der Waals surface area contributed by atoms with Gasteiger partial charge in [0.25, 0.3) is 11.8 Å². The lowest BCUT2D eigenvalue weighted by atomic mass is 9.94. The lowest BCUT2D eigenvalue weighted by molar-refractivity contribution is -0.137. The first-order chi connectivity index (χ1) is 18.4. The number of nitrogens with one attached hydrogen (secondary N) is 1. The Morgan fingerprint density at radius 3 is 2.03 bits per heavy atom. The van der Waals surface area contributed by atoms with Gasteiger partial charge in [0.1, 0.15) is 0 Å². The molecular formula is C31H27ClN2O4. The van der Waals surface area contributed by atoms with Crippen molar-refractivity contribution < 1.29 is 19.5 Å². The Kier molecular flexibility index (Phi) is 8.90. The molecule has 0 saturated carbocycles. The van der Waals surface area contributed by atoms with E-state index in [2.05, 4.69) is 5.32 Å². The molecule has 0 radical (unpaired) electrons. The quantitative estimate of drug-likeness (QED) is 0.263. The average molecular weight is 527 g/mol. The fourth-order valence-corrected chi connectivity index (χ4v) is 4.41. The number of amides is 2. The number of carboxylic acids is 1. The van der Waals surface area contributed by atoms with Crippen molar-refractivity contribution in [2.45, 2.75) is 19.5 Å². The molecule has 192 valence electrons. The number of benzene rings is 4. The molecule has 0 bridgehead atoms. The topological polar surface area (TPSA) is 86.7 Å². The molecule has 4 aromatic rings. The monoisotopic (exact) mass is 526 g/mol. The van der Waals surface area contributed by atoms with Gasteiger partial charge >= 0.3 is 5.97 Å². The summed E-state index contributed by atoms with van der Waals surface area (Å²) in [6.45, 7) is 0.622. The third kappa shape index (κ3) is 6.87. The van der Waals surface area contributed by atoms with Crippen molar-refractivity contribution in [1.82, 2.24) is 10.2 Å². The van der Waals surface area contributed by atoms with E-state index < -0.39 is 5.97 Å². The SMILES string of the molecule is O=C(O)CCN(Cc1ccccc1)C(=O)c1ccccc1-c1ccccc1C(=O)NCc1cccc(Cl)c1. The Labute approximate surface area is 226 Å². The summed E-state index contributed by atoms with van der Waals surface area (Å²) in [4.78, 5) is 39.9. The molecule has 4 rings (SSSR count). The van der Waals surface area contributed by atoms with E-state index in [1.807, 2.05) is 54.6 Å². The molecule has 38 heavy (non-hydrogen) atoms. The van der Waals surface area contributed by atoms with Crippen LogP contribution >= 0.6 is 11.6 Å². The number of halogens is 1. The molecule has 7 heteroatoms. The molecule has 6 nitrogen and oxygen atoms in total. The number of carbonyl (C=O) groups excluding carboxylic acids is 2. The summed E-state index contributed by atoms with van der Waals surface area (Å²) in [5, 5.41) is 12.8. The second-order valence-corrected chi connectivity index (χ2v) is 9.20. The number of nitrogens with zero attached hydrogens (tertiary/aromatic N) is 1. The Balaban J connectivity index is 1.64. The molecule has 0 atom stereocenters. The Morgan fingerprint density at radius 2 is 1.34 bits per heavy atom. The van der Waals surface area contributed by atoms with E-state index in [1.54, 1.807) is 48.5 Å². The minimum atomic E-state index is -0.981. The lowest BCUT2D eigenvalue weighted by Gasteiger charge is -2.24. The molecule has 0 aliphatic carbocycles. The molecule has 0 heterocycles. The van der Waals surface area contributed by atoms with Crippen molar-refractivity contribution in [1.29, 1.82) is 0 Å². The molecule has 0 fully saturated rings. The van der Waals surface area contributed by atoms with Crippen LogP contribution in [0.15, 0.2) is 103 Å². The maximum atomic E-state index is 13.8. The predicted molar refractivity (Wildman–Crippen MR) is 148 cm³/mol. The summed E-state index contributed by atoms with van der Waals surface area (Å²) in [5.74, 6) is -1.57. The average Bonchev–Trinajstić information content (AvgIpc) is 2.94. The molecule has 4 aromatic carbocycles. The summed E-state index contributed by atoms with van der Waals surface area (Å²) >= 11 is 6.06. The second-order valence-electron chi connectivity index (χ2n) is 8.76. The minimum Gasteiger partial charge on any atom is -0.481 e. The van der Waals surface area contributed by atoms with Crippen LogP contribution in [0.25, 0.3) is 11.1 Å². The van der Waals surface area contributed by atoms with E-state index in [0.717, 1.165) is 11.1 Å². The molecule has 0 unspecified atom stereocenters. The van der Waals surface area contributed by atoms with E-state index in [0.29, 0.717) is 33.8 Å². The highest BCUT2D eigenvalue weighted by Crippen LogP contribution is 2.29. The summed E-state index contributed by atoms with van der Waals surface area (Å²) in [6, 6.07) is 30.9. The lowest BCUT2D eigenvalue weighted by Crippen LogP contribution is -2.33. The Morgan fingerprint density at radius 1 is 0.737 bits per heavy atom. The van der Waals surface area contributed by atoms with Crippen LogP contribution in [0, 0.1) is 0 Å². The summed E-state index contributed by atoms with van der Waals surface area (Å²) in [6.07, 6.45) is -0.177. The van der Waals surface area contributed by atoms with Gasteiger partial charge < -0.3 is 15.3 Å². The van der Waals surface area contributed by atoms with Gasteiger partial charge in [-0.25, -0.2) is 0 Å². The maximum absolute atomic E-state index is 13.8. The summed E-state index contributed by atoms with van der Waals surface area (Å²) in [5.41, 5.74) is 3.79. The number of hydrogen-bond acceptors (Lipinski definition) is 3. The van der Waals surface area contributed by atoms with Crippen molar-refractivity contribution in [2.24, 2.45) is 0 Å². The third-order valence-corrected chi connectivity index (χ3v) is 6.30. The van der Waals surface area contributed by atoms with Gasteiger partial charge in [0.2, 0.25) is 0 Å². The summed E-state index contributed by atoms with van der Waals surface area (Å²) < 4.78 is 0. The van der Waals surface area contributed by atoms with Crippen LogP contribution in [-0.2, 0) is 17.9 Å². The second kappa shape index (κ2) is 12.7. The Hall–Kier alpha value is -4.42. The van der Waals surface area contributed by atoms with Crippen LogP contribution < -0.4 is 5.32 Å². The van der Waals surface area contributed by atoms with Crippen LogP contribution in [0.2, 0.25) is 5.02 Å². The number of rotatable bonds is 10. The molecule has 0 spiro atoms. The van der Waals surface area contributed by atoms with Crippen LogP contribution in [0.5, 0.6) is 0 Å². The highest BCUT2D eigenvalue weighted by atomic mass is 35.5. The van der Waals surface area contributed by atoms with Gasteiger partial charge in [-0.2, -0.15) is 0 Å². The molecule has 0 aliphatic heterocycles. The van der Waals surface area contributed by atoms with Gasteiger partial charge in [-0.15, -0.1) is 0 Å². The van der Waals surface area contributed by atoms with Gasteiger partial charge in [0.15, 0.2) is 0 Å². The van der Waals surface area contributed by atoms with Gasteiger partial charge in [-0.1, -0.05) is 90.5 Å². The zero-order chi connectivity index (χ0) is 26.9. The minimum absolute atomic E-state index is 0.0547. The fourth-order valence-electron chi connectivity index (χ4n) is 4.20. The predicted octanol–water partition coefficient (Wildman–Crippen LogP) is 6.05. The number of hydrogen-bond donors (Lipinski definition) is 2. The molecule has 0 aromatic heterocycles. The first kappa shape index (κ1) is 26.6. The smallest absolute Gasteiger partial charge is 0.305 e. The molecule has 2 N–H and O–H groups in total. The highest BCUT2D eigenvalue weighted by Gasteiger charge is 2.22. The third-order valence-electron chi connectivity index (χ3n) is 6.06. The molecule has 2 amide bonds. The van der Waals surface area contributed by atoms with Crippen molar-refractivity contribution >= 4 is 29.4 Å². The van der Waals surface area contributed by atoms with Crippen molar-refractivity contribution in [3.05, 3.63) is 130 Å². The maximum Gasteiger partial charge on any atom is 0.305 e. The highest BCUT2D eigenvalue weighted by molar-refractivity contribution is 6.30. The zero-order valence-electron chi connectivity index (χ0n) is 20.6. The number of aliphatic carboxylic acids is 1. The van der Waals surface area contributed by atoms with E-state index in [9.17, 15) is 19.5 Å². The van der Waals surface area contributed by atoms with Crippen LogP contribution in [0.4, 0.5) is 0 Å². The van der Waals surface area contributed by atoms with Crippen LogP contribution in [0.1, 0.15) is 38.3 Å². The normalized spacial score (nSPS) is 10.6. The summed E-state index contributed by atoms with van der Waals surface area (Å²) in [7, 11) is 0. The van der Waals surface area contributed by atoms with Crippen molar-refractivity contribution in [2.75, 3.05) is 6.54 Å². The van der Waals surface area contributed by atoms with Crippen LogP contribution in [-0.4, -0.2) is 34.3 Å². The Bertz CT molecular complexity index is 1440. The van der Waals surface area contributed by atoms with E-state index in [4.69, 9.17) is 11.6 Å². The van der Waals surface area contributed by atoms with Gasteiger partial charge in [-0.3, -0.25) is 14.4 Å². The largest absolute Gasteiger partial charge is 0.481 e. The van der Waals surface area contributed by atoms with Crippen molar-refractivity contribution in [3.8, 4) is 11.1 Å². The fraction of sp³-hybridized carbons (Fsp3) is 0.129. The molecular weight excluding hydrogens is 500 g/mol. The standard InChI is InChI=1S/C31H27ClN2O4/c32-24-12-8-11-23(19-24)20-33-30(37)27-15-6-4-13-25(27)26-14-5-7-16-28(26)31(38)34(18-17-29(35)36)21-22-9-2-1-3-10-22/h1-16,19H,17-18,20-21H2,(H,33,37)(H,35,36). The van der Waals surface area contributed by atoms with Gasteiger partial charge in [0, 0.05) is 35.8 Å². The number of carboxylic acid groups (broad SMARTS) is 1. The first-order valence-electron chi connectivity index (χ1n) is 12.2. The van der Waals surface area contributed by atoms with E-state index >= 15 is 0 Å². The van der Waals surface area contributed by atoms with Gasteiger partial charge in [-0.05, 0) is 46.5 Å². The first-order valence-corrected chi connectivity index (χ1v) is 12.6.